The Kier molecular flexibility index (Phi) is 2.41. The van der Waals surface area contributed by atoms with E-state index in [1.165, 1.54) is 24.9 Å². The van der Waals surface area contributed by atoms with Crippen LogP contribution in [0, 0.1) is 0 Å². The Morgan fingerprint density at radius 3 is 2.67 bits per heavy atom. The van der Waals surface area contributed by atoms with Gasteiger partial charge in [-0.1, -0.05) is 18.2 Å². The highest BCUT2D eigenvalue weighted by Crippen LogP contribution is 2.22. The molecule has 1 aliphatic heterocycles. The van der Waals surface area contributed by atoms with Crippen LogP contribution in [0.2, 0.25) is 0 Å². The van der Waals surface area contributed by atoms with Gasteiger partial charge in [0.2, 0.25) is 0 Å². The molecule has 4 nitrogen and oxygen atoms in total. The molecule has 15 heavy (non-hydrogen) atoms. The molecule has 1 N–H and O–H groups in total. The SMILES string of the molecule is O=C(O)c1ccccc1C1=COC=CO1. The number of benzene rings is 1. The summed E-state index contributed by atoms with van der Waals surface area (Å²) in [5.41, 5.74) is 0.678. The summed E-state index contributed by atoms with van der Waals surface area (Å²) in [4.78, 5) is 10.9. The molecule has 0 saturated heterocycles. The van der Waals surface area contributed by atoms with Crippen LogP contribution in [0.15, 0.2) is 43.1 Å². The summed E-state index contributed by atoms with van der Waals surface area (Å²) in [6, 6.07) is 6.58. The molecule has 1 aromatic rings. The third kappa shape index (κ3) is 1.83. The van der Waals surface area contributed by atoms with Crippen molar-refractivity contribution in [2.24, 2.45) is 0 Å². The van der Waals surface area contributed by atoms with Gasteiger partial charge in [-0.2, -0.15) is 0 Å². The van der Waals surface area contributed by atoms with Gasteiger partial charge in [0.05, 0.1) is 5.56 Å². The highest BCUT2D eigenvalue weighted by molar-refractivity contribution is 5.93. The Bertz CT molecular complexity index is 446. The van der Waals surface area contributed by atoms with Gasteiger partial charge in [-0.15, -0.1) is 0 Å². The monoisotopic (exact) mass is 204 g/mol. The Morgan fingerprint density at radius 1 is 1.20 bits per heavy atom. The first kappa shape index (κ1) is 9.33. The van der Waals surface area contributed by atoms with Gasteiger partial charge in [-0.3, -0.25) is 0 Å². The van der Waals surface area contributed by atoms with Crippen molar-refractivity contribution in [2.75, 3.05) is 0 Å². The summed E-state index contributed by atoms with van der Waals surface area (Å²) in [5.74, 6) is -0.611. The van der Waals surface area contributed by atoms with Crippen LogP contribution in [0.5, 0.6) is 0 Å². The van der Waals surface area contributed by atoms with Gasteiger partial charge in [0.25, 0.3) is 0 Å². The molecule has 0 unspecified atom stereocenters. The number of carboxylic acids is 1. The van der Waals surface area contributed by atoms with Gasteiger partial charge in [-0.05, 0) is 6.07 Å². The van der Waals surface area contributed by atoms with Crippen molar-refractivity contribution in [3.63, 3.8) is 0 Å². The average molecular weight is 204 g/mol. The van der Waals surface area contributed by atoms with Crippen LogP contribution in [0.25, 0.3) is 5.76 Å². The molecule has 0 amide bonds. The lowest BCUT2D eigenvalue weighted by Gasteiger charge is -2.11. The van der Waals surface area contributed by atoms with Crippen LogP contribution >= 0.6 is 0 Å². The van der Waals surface area contributed by atoms with E-state index in [4.69, 9.17) is 14.6 Å². The van der Waals surface area contributed by atoms with E-state index in [2.05, 4.69) is 0 Å². The van der Waals surface area contributed by atoms with Crippen molar-refractivity contribution in [3.05, 3.63) is 54.2 Å². The number of carboxylic acid groups (broad SMARTS) is 1. The van der Waals surface area contributed by atoms with Gasteiger partial charge in [0.1, 0.15) is 18.8 Å². The normalized spacial score (nSPS) is 13.7. The zero-order chi connectivity index (χ0) is 10.7. The Balaban J connectivity index is 2.43. The summed E-state index contributed by atoms with van der Waals surface area (Å²) in [6.07, 6.45) is 4.09. The van der Waals surface area contributed by atoms with Crippen LogP contribution in [0.3, 0.4) is 0 Å². The second kappa shape index (κ2) is 3.88. The Morgan fingerprint density at radius 2 is 2.00 bits per heavy atom. The third-order valence-electron chi connectivity index (χ3n) is 1.93. The minimum atomic E-state index is -0.996. The lowest BCUT2D eigenvalue weighted by molar-refractivity contribution is 0.0696. The van der Waals surface area contributed by atoms with Crippen molar-refractivity contribution in [1.29, 1.82) is 0 Å². The van der Waals surface area contributed by atoms with E-state index >= 15 is 0 Å². The molecule has 0 spiro atoms. The fourth-order valence-electron chi connectivity index (χ4n) is 1.27. The number of rotatable bonds is 2. The van der Waals surface area contributed by atoms with Crippen molar-refractivity contribution >= 4 is 11.7 Å². The average Bonchev–Trinajstić information content (AvgIpc) is 2.30. The molecule has 2 rings (SSSR count). The van der Waals surface area contributed by atoms with Crippen LogP contribution in [0.4, 0.5) is 0 Å². The maximum absolute atomic E-state index is 10.9. The Labute approximate surface area is 86.1 Å². The molecule has 4 heteroatoms. The molecule has 0 atom stereocenters. The molecule has 0 fully saturated rings. The largest absolute Gasteiger partial charge is 0.478 e. The molecule has 0 aromatic heterocycles. The summed E-state index contributed by atoms with van der Waals surface area (Å²) in [7, 11) is 0. The zero-order valence-corrected chi connectivity index (χ0v) is 7.71. The van der Waals surface area contributed by atoms with E-state index in [1.807, 2.05) is 0 Å². The molecule has 0 aliphatic carbocycles. The van der Waals surface area contributed by atoms with Crippen LogP contribution in [-0.4, -0.2) is 11.1 Å². The summed E-state index contributed by atoms with van der Waals surface area (Å²) >= 11 is 0. The van der Waals surface area contributed by atoms with E-state index in [0.717, 1.165) is 0 Å². The molecule has 1 heterocycles. The molecule has 1 aromatic carbocycles. The molecule has 0 saturated carbocycles. The molecule has 0 bridgehead atoms. The molecule has 1 aliphatic rings. The quantitative estimate of drug-likeness (QED) is 0.802. The van der Waals surface area contributed by atoms with Crippen molar-refractivity contribution in [2.45, 2.75) is 0 Å². The molecular weight excluding hydrogens is 196 g/mol. The van der Waals surface area contributed by atoms with E-state index in [0.29, 0.717) is 11.3 Å². The third-order valence-corrected chi connectivity index (χ3v) is 1.93. The molecular formula is C11H8O4. The molecule has 0 radical (unpaired) electrons. The van der Waals surface area contributed by atoms with E-state index in [1.54, 1.807) is 18.2 Å². The van der Waals surface area contributed by atoms with Crippen LogP contribution in [-0.2, 0) is 9.47 Å². The number of hydrogen-bond acceptors (Lipinski definition) is 3. The lowest BCUT2D eigenvalue weighted by atomic mass is 10.1. The first-order valence-electron chi connectivity index (χ1n) is 4.29. The summed E-state index contributed by atoms with van der Waals surface area (Å²) in [6.45, 7) is 0. The highest BCUT2D eigenvalue weighted by atomic mass is 16.5. The standard InChI is InChI=1S/C11H8O4/c12-11(13)9-4-2-1-3-8(9)10-7-14-5-6-15-10/h1-7H,(H,12,13). The lowest BCUT2D eigenvalue weighted by Crippen LogP contribution is -2.03. The van der Waals surface area contributed by atoms with Crippen LogP contribution in [0.1, 0.15) is 15.9 Å². The van der Waals surface area contributed by atoms with Gasteiger partial charge >= 0.3 is 5.97 Å². The number of aromatic carboxylic acids is 1. The number of carbonyl (C=O) groups is 1. The van der Waals surface area contributed by atoms with Gasteiger partial charge in [0.15, 0.2) is 5.76 Å². The van der Waals surface area contributed by atoms with Crippen molar-refractivity contribution < 1.29 is 19.4 Å². The smallest absolute Gasteiger partial charge is 0.336 e. The topological polar surface area (TPSA) is 55.8 Å². The minimum absolute atomic E-state index is 0.183. The van der Waals surface area contributed by atoms with Gasteiger partial charge in [-0.25, -0.2) is 4.79 Å². The maximum atomic E-state index is 10.9. The zero-order valence-electron chi connectivity index (χ0n) is 7.71. The Hall–Kier alpha value is -2.23. The van der Waals surface area contributed by atoms with Gasteiger partial charge < -0.3 is 14.6 Å². The fourth-order valence-corrected chi connectivity index (χ4v) is 1.27. The summed E-state index contributed by atoms with van der Waals surface area (Å²) in [5, 5.41) is 8.95. The van der Waals surface area contributed by atoms with Crippen molar-refractivity contribution in [1.82, 2.24) is 0 Å². The minimum Gasteiger partial charge on any atom is -0.478 e. The highest BCUT2D eigenvalue weighted by Gasteiger charge is 2.14. The molecule has 76 valence electrons. The van der Waals surface area contributed by atoms with E-state index in [-0.39, 0.29) is 5.56 Å². The first-order chi connectivity index (χ1) is 7.29. The van der Waals surface area contributed by atoms with Gasteiger partial charge in [0, 0.05) is 5.56 Å². The number of hydrogen-bond donors (Lipinski definition) is 1. The second-order valence-corrected chi connectivity index (χ2v) is 2.86. The predicted molar refractivity (Wildman–Crippen MR) is 52.7 cm³/mol. The summed E-state index contributed by atoms with van der Waals surface area (Å²) < 4.78 is 10.1. The predicted octanol–water partition coefficient (Wildman–Crippen LogP) is 2.20. The van der Waals surface area contributed by atoms with Crippen LogP contribution < -0.4 is 0 Å². The maximum Gasteiger partial charge on any atom is 0.336 e. The first-order valence-corrected chi connectivity index (χ1v) is 4.29. The second-order valence-electron chi connectivity index (χ2n) is 2.86. The van der Waals surface area contributed by atoms with E-state index < -0.39 is 5.97 Å². The fraction of sp³-hybridized carbons (Fsp3) is 0. The van der Waals surface area contributed by atoms with Crippen molar-refractivity contribution in [3.8, 4) is 0 Å². The van der Waals surface area contributed by atoms with E-state index in [9.17, 15) is 4.79 Å². The number of ether oxygens (including phenoxy) is 2.